The summed E-state index contributed by atoms with van der Waals surface area (Å²) in [5.74, 6) is -3.15. The summed E-state index contributed by atoms with van der Waals surface area (Å²) >= 11 is 0. The van der Waals surface area contributed by atoms with Crippen LogP contribution in [0.2, 0.25) is 0 Å². The second kappa shape index (κ2) is 14.1. The number of pyridine rings is 1. The zero-order chi connectivity index (χ0) is 30.1. The fraction of sp³-hybridized carbons (Fsp3) is 0.281. The predicted molar refractivity (Wildman–Crippen MR) is 155 cm³/mol. The summed E-state index contributed by atoms with van der Waals surface area (Å²) in [6.45, 7) is 3.76. The number of fused-ring (bicyclic) bond motifs is 1. The molecule has 2 N–H and O–H groups in total. The van der Waals surface area contributed by atoms with Crippen LogP contribution < -0.4 is 10.5 Å². The number of ether oxygens (including phenoxy) is 3. The Balaban J connectivity index is 1.60. The van der Waals surface area contributed by atoms with Crippen LogP contribution in [-0.4, -0.2) is 46.1 Å². The molecule has 0 saturated heterocycles. The fourth-order valence-corrected chi connectivity index (χ4v) is 4.72. The van der Waals surface area contributed by atoms with E-state index in [1.165, 1.54) is 12.4 Å². The quantitative estimate of drug-likeness (QED) is 0.100. The van der Waals surface area contributed by atoms with Gasteiger partial charge in [-0.15, -0.1) is 0 Å². The summed E-state index contributed by atoms with van der Waals surface area (Å²) in [4.78, 5) is 54.4. The molecule has 10 nitrogen and oxygen atoms in total. The van der Waals surface area contributed by atoms with Crippen molar-refractivity contribution in [3.8, 4) is 5.75 Å². The predicted octanol–water partition coefficient (Wildman–Crippen LogP) is 4.61. The molecule has 0 radical (unpaired) electrons. The Labute approximate surface area is 243 Å². The molecule has 0 saturated carbocycles. The topological polar surface area (TPSA) is 140 Å². The standard InChI is InChI=1S/C32H33N3O7/c1-3-5-16-27(42-32(39)22-13-10-17-34-18-22)41-26(36)20-40-25-15-9-14-24-28(25)29(30(37)31(33)38)23(4-2)35(24)19-21-11-7-6-8-12-21/h6-15,17-18,27H,3-5,16,19-20H2,1-2H3,(H2,33,38). The van der Waals surface area contributed by atoms with Gasteiger partial charge in [0.25, 0.3) is 11.7 Å². The van der Waals surface area contributed by atoms with Gasteiger partial charge in [0, 0.05) is 31.1 Å². The van der Waals surface area contributed by atoms with Crippen molar-refractivity contribution in [1.82, 2.24) is 9.55 Å². The Bertz CT molecular complexity index is 1570. The summed E-state index contributed by atoms with van der Waals surface area (Å²) < 4.78 is 18.7. The van der Waals surface area contributed by atoms with Crippen molar-refractivity contribution >= 4 is 34.5 Å². The first-order chi connectivity index (χ1) is 20.3. The molecular weight excluding hydrogens is 538 g/mol. The van der Waals surface area contributed by atoms with Gasteiger partial charge in [0.1, 0.15) is 5.75 Å². The van der Waals surface area contributed by atoms with Crippen LogP contribution in [-0.2, 0) is 32.0 Å². The van der Waals surface area contributed by atoms with Crippen LogP contribution in [0, 0.1) is 0 Å². The third kappa shape index (κ3) is 7.01. The highest BCUT2D eigenvalue weighted by Gasteiger charge is 2.28. The second-order valence-electron chi connectivity index (χ2n) is 9.59. The molecule has 0 spiro atoms. The number of nitrogens with two attached hydrogens (primary N) is 1. The molecule has 2 heterocycles. The molecule has 0 bridgehead atoms. The van der Waals surface area contributed by atoms with E-state index in [1.807, 2.05) is 54.8 Å². The molecule has 1 atom stereocenters. The monoisotopic (exact) mass is 571 g/mol. The van der Waals surface area contributed by atoms with E-state index in [0.717, 1.165) is 12.0 Å². The SMILES string of the molecule is CCCCC(OC(=O)COc1cccc2c1c(C(=O)C(N)=O)c(CC)n2Cc1ccccc1)OC(=O)c1cccnc1. The third-order valence-electron chi connectivity index (χ3n) is 6.67. The number of benzene rings is 2. The van der Waals surface area contributed by atoms with Gasteiger partial charge in [-0.3, -0.25) is 14.6 Å². The molecule has 4 rings (SSSR count). The van der Waals surface area contributed by atoms with Gasteiger partial charge in [-0.1, -0.05) is 56.7 Å². The van der Waals surface area contributed by atoms with E-state index in [2.05, 4.69) is 4.98 Å². The lowest BCUT2D eigenvalue weighted by Crippen LogP contribution is -2.27. The number of hydrogen-bond acceptors (Lipinski definition) is 8. The number of nitrogens with zero attached hydrogens (tertiary/aromatic N) is 2. The van der Waals surface area contributed by atoms with E-state index in [9.17, 15) is 19.2 Å². The molecule has 0 aliphatic heterocycles. The van der Waals surface area contributed by atoms with Gasteiger partial charge in [-0.05, 0) is 42.7 Å². The van der Waals surface area contributed by atoms with Crippen LogP contribution in [0.15, 0.2) is 73.1 Å². The van der Waals surface area contributed by atoms with Gasteiger partial charge < -0.3 is 24.5 Å². The van der Waals surface area contributed by atoms with E-state index in [-0.39, 0.29) is 16.9 Å². The molecule has 10 heteroatoms. The lowest BCUT2D eigenvalue weighted by atomic mass is 10.0. The van der Waals surface area contributed by atoms with Crippen LogP contribution in [0.1, 0.15) is 65.1 Å². The smallest absolute Gasteiger partial charge is 0.347 e. The van der Waals surface area contributed by atoms with Crippen LogP contribution in [0.4, 0.5) is 0 Å². The molecule has 2 aromatic heterocycles. The highest BCUT2D eigenvalue weighted by molar-refractivity contribution is 6.45. The fourth-order valence-electron chi connectivity index (χ4n) is 4.72. The Hall–Kier alpha value is -4.99. The van der Waals surface area contributed by atoms with E-state index in [4.69, 9.17) is 19.9 Å². The van der Waals surface area contributed by atoms with Crippen LogP contribution in [0.5, 0.6) is 5.75 Å². The molecule has 0 aliphatic rings. The summed E-state index contributed by atoms with van der Waals surface area (Å²) in [6, 6.07) is 18.0. The molecule has 0 fully saturated rings. The zero-order valence-corrected chi connectivity index (χ0v) is 23.6. The zero-order valence-electron chi connectivity index (χ0n) is 23.6. The molecule has 0 aliphatic carbocycles. The van der Waals surface area contributed by atoms with Crippen molar-refractivity contribution in [1.29, 1.82) is 0 Å². The average Bonchev–Trinajstić information content (AvgIpc) is 3.32. The largest absolute Gasteiger partial charge is 0.481 e. The van der Waals surface area contributed by atoms with Gasteiger partial charge in [-0.25, -0.2) is 9.59 Å². The van der Waals surface area contributed by atoms with E-state index in [1.54, 1.807) is 24.3 Å². The maximum Gasteiger partial charge on any atom is 0.347 e. The van der Waals surface area contributed by atoms with Crippen LogP contribution in [0.25, 0.3) is 10.9 Å². The first kappa shape index (κ1) is 30.0. The number of esters is 2. The summed E-state index contributed by atoms with van der Waals surface area (Å²) in [6.07, 6.45) is 3.99. The first-order valence-corrected chi connectivity index (χ1v) is 13.8. The molecule has 2 aromatic carbocycles. The number of Topliss-reactive ketones (excluding diaryl/α,β-unsaturated/α-hetero) is 1. The first-order valence-electron chi connectivity index (χ1n) is 13.8. The van der Waals surface area contributed by atoms with Gasteiger partial charge >= 0.3 is 11.9 Å². The van der Waals surface area contributed by atoms with Gasteiger partial charge in [0.05, 0.1) is 22.0 Å². The van der Waals surface area contributed by atoms with Crippen molar-refractivity contribution in [2.24, 2.45) is 5.73 Å². The highest BCUT2D eigenvalue weighted by Crippen LogP contribution is 2.35. The number of ketones is 1. The van der Waals surface area contributed by atoms with Crippen molar-refractivity contribution in [3.05, 3.63) is 95.4 Å². The normalized spacial score (nSPS) is 11.6. The minimum Gasteiger partial charge on any atom is -0.481 e. The van der Waals surface area contributed by atoms with Crippen molar-refractivity contribution in [2.75, 3.05) is 6.61 Å². The number of carbonyl (C=O) groups excluding carboxylic acids is 4. The minimum atomic E-state index is -1.12. The third-order valence-corrected chi connectivity index (χ3v) is 6.67. The molecule has 42 heavy (non-hydrogen) atoms. The molecule has 1 amide bonds. The van der Waals surface area contributed by atoms with Crippen LogP contribution in [0.3, 0.4) is 0 Å². The number of hydrogen-bond donors (Lipinski definition) is 1. The molecular formula is C32H33N3O7. The number of unbranched alkanes of at least 4 members (excludes halogenated alkanes) is 1. The number of carbonyl (C=O) groups is 4. The Morgan fingerprint density at radius 3 is 2.40 bits per heavy atom. The number of rotatable bonds is 14. The maximum atomic E-state index is 13.1. The lowest BCUT2D eigenvalue weighted by Gasteiger charge is -2.18. The van der Waals surface area contributed by atoms with Gasteiger partial charge in [-0.2, -0.15) is 0 Å². The number of amides is 1. The number of aromatic nitrogens is 2. The Morgan fingerprint density at radius 1 is 0.952 bits per heavy atom. The highest BCUT2D eigenvalue weighted by atomic mass is 16.7. The van der Waals surface area contributed by atoms with E-state index in [0.29, 0.717) is 42.4 Å². The van der Waals surface area contributed by atoms with E-state index >= 15 is 0 Å². The lowest BCUT2D eigenvalue weighted by molar-refractivity contribution is -0.171. The summed E-state index contributed by atoms with van der Waals surface area (Å²) in [5, 5.41) is 0.382. The molecule has 218 valence electrons. The van der Waals surface area contributed by atoms with Gasteiger partial charge in [0.15, 0.2) is 6.61 Å². The van der Waals surface area contributed by atoms with Crippen molar-refractivity contribution < 1.29 is 33.4 Å². The minimum absolute atomic E-state index is 0.145. The van der Waals surface area contributed by atoms with Crippen LogP contribution >= 0.6 is 0 Å². The van der Waals surface area contributed by atoms with Gasteiger partial charge in [0.2, 0.25) is 6.29 Å². The number of primary amides is 1. The maximum absolute atomic E-state index is 13.1. The Kier molecular flexibility index (Phi) is 10.0. The second-order valence-corrected chi connectivity index (χ2v) is 9.59. The van der Waals surface area contributed by atoms with Crippen molar-refractivity contribution in [2.45, 2.75) is 52.4 Å². The average molecular weight is 572 g/mol. The molecule has 1 unspecified atom stereocenters. The summed E-state index contributed by atoms with van der Waals surface area (Å²) in [7, 11) is 0. The summed E-state index contributed by atoms with van der Waals surface area (Å²) in [5.41, 5.74) is 8.08. The van der Waals surface area contributed by atoms with Crippen molar-refractivity contribution in [3.63, 3.8) is 0 Å². The van der Waals surface area contributed by atoms with E-state index < -0.39 is 36.5 Å². The Morgan fingerprint density at radius 2 is 1.74 bits per heavy atom. The molecule has 4 aromatic rings.